The lowest BCUT2D eigenvalue weighted by Crippen LogP contribution is -2.46. The van der Waals surface area contributed by atoms with E-state index in [0.29, 0.717) is 11.3 Å². The van der Waals surface area contributed by atoms with Crippen LogP contribution in [-0.4, -0.2) is 46.6 Å². The third-order valence-electron chi connectivity index (χ3n) is 4.87. The number of hydrogen-bond acceptors (Lipinski definition) is 6. The van der Waals surface area contributed by atoms with Gasteiger partial charge in [-0.05, 0) is 51.8 Å². The molecule has 2 rings (SSSR count). The van der Waals surface area contributed by atoms with Gasteiger partial charge in [-0.3, -0.25) is 9.59 Å². The van der Waals surface area contributed by atoms with Gasteiger partial charge in [-0.1, -0.05) is 36.4 Å². The number of hydrogen-bond donors (Lipinski definition) is 3. The molecular formula is C25H30N4O5. The highest BCUT2D eigenvalue weighted by atomic mass is 16.6. The molecular weight excluding hydrogens is 436 g/mol. The number of amides is 3. The Labute approximate surface area is 199 Å². The Kier molecular flexibility index (Phi) is 8.62. The molecule has 3 amide bonds. The van der Waals surface area contributed by atoms with Gasteiger partial charge < -0.3 is 25.4 Å². The van der Waals surface area contributed by atoms with Crippen molar-refractivity contribution >= 4 is 23.6 Å². The summed E-state index contributed by atoms with van der Waals surface area (Å²) in [6.07, 6.45) is -0.808. The van der Waals surface area contributed by atoms with Crippen molar-refractivity contribution in [3.05, 3.63) is 59.2 Å². The maximum atomic E-state index is 13.4. The summed E-state index contributed by atoms with van der Waals surface area (Å²) in [5, 5.41) is 25.2. The summed E-state index contributed by atoms with van der Waals surface area (Å²) in [5.41, 5.74) is 1.23. The van der Waals surface area contributed by atoms with Gasteiger partial charge in [-0.25, -0.2) is 4.79 Å². The zero-order chi connectivity index (χ0) is 25.5. The van der Waals surface area contributed by atoms with Crippen molar-refractivity contribution in [2.75, 3.05) is 18.4 Å². The molecule has 1 unspecified atom stereocenters. The molecule has 0 heterocycles. The van der Waals surface area contributed by atoms with Gasteiger partial charge in [-0.15, -0.1) is 0 Å². The predicted octanol–water partition coefficient (Wildman–Crippen LogP) is 3.57. The second-order valence-corrected chi connectivity index (χ2v) is 8.75. The Morgan fingerprint density at radius 1 is 1.09 bits per heavy atom. The number of para-hydroxylation sites is 2. The number of carbonyl (C=O) groups is 3. The molecule has 0 saturated carbocycles. The molecule has 9 nitrogen and oxygen atoms in total. The summed E-state index contributed by atoms with van der Waals surface area (Å²) in [7, 11) is 0. The first-order chi connectivity index (χ1) is 15.9. The zero-order valence-corrected chi connectivity index (χ0v) is 20.0. The van der Waals surface area contributed by atoms with E-state index in [1.165, 1.54) is 6.07 Å². The van der Waals surface area contributed by atoms with Crippen LogP contribution in [0.1, 0.15) is 43.5 Å². The molecule has 0 bridgehead atoms. The van der Waals surface area contributed by atoms with Crippen molar-refractivity contribution in [1.82, 2.24) is 10.2 Å². The lowest BCUT2D eigenvalue weighted by atomic mass is 9.99. The summed E-state index contributed by atoms with van der Waals surface area (Å²) in [4.78, 5) is 39.5. The summed E-state index contributed by atoms with van der Waals surface area (Å²) in [6.45, 7) is 7.58. The van der Waals surface area contributed by atoms with Gasteiger partial charge in [0.15, 0.2) is 0 Å². The Morgan fingerprint density at radius 3 is 2.35 bits per heavy atom. The van der Waals surface area contributed by atoms with Crippen LogP contribution >= 0.6 is 0 Å². The fourth-order valence-corrected chi connectivity index (χ4v) is 3.23. The largest absolute Gasteiger partial charge is 0.507 e. The molecule has 2 aromatic carbocycles. The van der Waals surface area contributed by atoms with Crippen LogP contribution < -0.4 is 10.6 Å². The summed E-state index contributed by atoms with van der Waals surface area (Å²) in [6, 6.07) is 12.5. The van der Waals surface area contributed by atoms with E-state index in [-0.39, 0.29) is 11.3 Å². The summed E-state index contributed by atoms with van der Waals surface area (Å²) in [5.74, 6) is -1.47. The number of aromatic hydroxyl groups is 1. The zero-order valence-electron chi connectivity index (χ0n) is 20.0. The van der Waals surface area contributed by atoms with Crippen LogP contribution in [0.25, 0.3) is 0 Å². The molecule has 0 aromatic heterocycles. The number of nitriles is 1. The Hall–Kier alpha value is -4.06. The van der Waals surface area contributed by atoms with Crippen molar-refractivity contribution in [3.63, 3.8) is 0 Å². The molecule has 180 valence electrons. The van der Waals surface area contributed by atoms with Crippen LogP contribution in [0.15, 0.2) is 42.5 Å². The minimum atomic E-state index is -1.33. The summed E-state index contributed by atoms with van der Waals surface area (Å²) >= 11 is 0. The van der Waals surface area contributed by atoms with E-state index in [1.807, 2.05) is 25.1 Å². The maximum Gasteiger partial charge on any atom is 0.408 e. The number of carbonyl (C=O) groups excluding carboxylic acids is 3. The molecule has 3 N–H and O–H groups in total. The van der Waals surface area contributed by atoms with Gasteiger partial charge >= 0.3 is 6.09 Å². The van der Waals surface area contributed by atoms with E-state index >= 15 is 0 Å². The number of benzene rings is 2. The standard InChI is InChI=1S/C25H30N4O5/c1-16-9-6-7-12-19(16)28-23(32)21(18-11-8-10-17(2)22(18)31)29(14-13-26)20(30)15-27-24(33)34-25(3,4)5/h6-12,21,31H,14-15H2,1-5H3,(H,27,33)(H,28,32). The summed E-state index contributed by atoms with van der Waals surface area (Å²) < 4.78 is 5.14. The second-order valence-electron chi connectivity index (χ2n) is 8.75. The number of nitrogens with zero attached hydrogens (tertiary/aromatic N) is 2. The third kappa shape index (κ3) is 6.97. The Bertz CT molecular complexity index is 1100. The molecule has 0 aliphatic rings. The fourth-order valence-electron chi connectivity index (χ4n) is 3.23. The first-order valence-corrected chi connectivity index (χ1v) is 10.7. The highest BCUT2D eigenvalue weighted by Crippen LogP contribution is 2.32. The smallest absolute Gasteiger partial charge is 0.408 e. The molecule has 0 fully saturated rings. The highest BCUT2D eigenvalue weighted by molar-refractivity contribution is 5.99. The van der Waals surface area contributed by atoms with Gasteiger partial charge in [0, 0.05) is 11.3 Å². The van der Waals surface area contributed by atoms with Crippen LogP contribution in [0.2, 0.25) is 0 Å². The molecule has 0 radical (unpaired) electrons. The van der Waals surface area contributed by atoms with Crippen molar-refractivity contribution in [1.29, 1.82) is 5.26 Å². The van der Waals surface area contributed by atoms with E-state index < -0.39 is 42.6 Å². The average Bonchev–Trinajstić information content (AvgIpc) is 2.75. The van der Waals surface area contributed by atoms with Crippen LogP contribution in [-0.2, 0) is 14.3 Å². The number of rotatable bonds is 7. The lowest BCUT2D eigenvalue weighted by Gasteiger charge is -2.30. The van der Waals surface area contributed by atoms with Crippen molar-refractivity contribution in [2.24, 2.45) is 0 Å². The monoisotopic (exact) mass is 466 g/mol. The first-order valence-electron chi connectivity index (χ1n) is 10.7. The minimum absolute atomic E-state index is 0.159. The molecule has 1 atom stereocenters. The van der Waals surface area contributed by atoms with Crippen LogP contribution in [0.3, 0.4) is 0 Å². The van der Waals surface area contributed by atoms with Crippen molar-refractivity contribution in [3.8, 4) is 11.8 Å². The second kappa shape index (κ2) is 11.2. The van der Waals surface area contributed by atoms with Crippen LogP contribution in [0.5, 0.6) is 5.75 Å². The number of anilines is 1. The molecule has 0 aliphatic heterocycles. The number of aryl methyl sites for hydroxylation is 2. The average molecular weight is 467 g/mol. The van der Waals surface area contributed by atoms with Crippen LogP contribution in [0.4, 0.5) is 10.5 Å². The predicted molar refractivity (Wildman–Crippen MR) is 127 cm³/mol. The maximum absolute atomic E-state index is 13.4. The SMILES string of the molecule is Cc1ccccc1NC(=O)C(c1cccc(C)c1O)N(CC#N)C(=O)CNC(=O)OC(C)(C)C. The van der Waals surface area contributed by atoms with E-state index in [9.17, 15) is 24.8 Å². The van der Waals surface area contributed by atoms with Gasteiger partial charge in [0.2, 0.25) is 5.91 Å². The number of alkyl carbamates (subject to hydrolysis) is 1. The van der Waals surface area contributed by atoms with Crippen molar-refractivity contribution < 1.29 is 24.2 Å². The lowest BCUT2D eigenvalue weighted by molar-refractivity contribution is -0.137. The van der Waals surface area contributed by atoms with Crippen molar-refractivity contribution in [2.45, 2.75) is 46.3 Å². The fraction of sp³-hybridized carbons (Fsp3) is 0.360. The third-order valence-corrected chi connectivity index (χ3v) is 4.87. The van der Waals surface area contributed by atoms with Gasteiger partial charge in [-0.2, -0.15) is 5.26 Å². The van der Waals surface area contributed by atoms with Gasteiger partial charge in [0.1, 0.15) is 30.5 Å². The number of phenols is 1. The number of ether oxygens (including phenoxy) is 1. The van der Waals surface area contributed by atoms with E-state index in [4.69, 9.17) is 4.74 Å². The number of nitrogens with one attached hydrogen (secondary N) is 2. The first kappa shape index (κ1) is 26.2. The molecule has 0 aliphatic carbocycles. The molecule has 34 heavy (non-hydrogen) atoms. The molecule has 0 saturated heterocycles. The van der Waals surface area contributed by atoms with E-state index in [1.54, 1.807) is 52.0 Å². The topological polar surface area (TPSA) is 132 Å². The number of phenolic OH excluding ortho intramolecular Hbond substituents is 1. The molecule has 0 spiro atoms. The highest BCUT2D eigenvalue weighted by Gasteiger charge is 2.34. The normalized spacial score (nSPS) is 11.6. The quantitative estimate of drug-likeness (QED) is 0.535. The molecule has 2 aromatic rings. The molecule has 9 heteroatoms. The van der Waals surface area contributed by atoms with E-state index in [2.05, 4.69) is 10.6 Å². The van der Waals surface area contributed by atoms with E-state index in [0.717, 1.165) is 10.5 Å². The van der Waals surface area contributed by atoms with Crippen LogP contribution in [0, 0.1) is 25.2 Å². The van der Waals surface area contributed by atoms with Gasteiger partial charge in [0.05, 0.1) is 6.07 Å². The minimum Gasteiger partial charge on any atom is -0.507 e. The Balaban J connectivity index is 2.41. The van der Waals surface area contributed by atoms with Gasteiger partial charge in [0.25, 0.3) is 5.91 Å². The Morgan fingerprint density at radius 2 is 1.74 bits per heavy atom.